The molecule has 48 heavy (non-hydrogen) atoms. The number of unbranched alkanes of at least 4 members (excludes halogenated alkanes) is 8. The molecule has 1 aromatic carbocycles. The van der Waals surface area contributed by atoms with E-state index in [4.69, 9.17) is 0 Å². The third-order valence-corrected chi connectivity index (χ3v) is 7.40. The summed E-state index contributed by atoms with van der Waals surface area (Å²) in [5.41, 5.74) is 3.07. The zero-order valence-electron chi connectivity index (χ0n) is 26.0. The van der Waals surface area contributed by atoms with E-state index in [2.05, 4.69) is 21.6 Å². The van der Waals surface area contributed by atoms with Crippen LogP contribution < -0.4 is 0 Å². The Kier molecular flexibility index (Phi) is 15.0. The molecule has 0 N–H and O–H groups in total. The van der Waals surface area contributed by atoms with E-state index in [1.54, 1.807) is 23.2 Å². The van der Waals surface area contributed by atoms with Crippen LogP contribution in [0.15, 0.2) is 36.7 Å². The minimum atomic E-state index is -7.40. The normalized spacial score (nSPS) is 13.7. The fraction of sp³-hybridized carbons (Fsp3) is 0.677. The summed E-state index contributed by atoms with van der Waals surface area (Å²) in [5, 5.41) is 0. The van der Waals surface area contributed by atoms with Crippen LogP contribution in [-0.4, -0.2) is 59.3 Å². The van der Waals surface area contributed by atoms with Crippen molar-refractivity contribution in [1.29, 1.82) is 0 Å². The van der Waals surface area contributed by atoms with Crippen molar-refractivity contribution < 1.29 is 66.5 Å². The molecule has 0 radical (unpaired) electrons. The molecule has 0 aliphatic carbocycles. The van der Waals surface area contributed by atoms with E-state index in [0.717, 1.165) is 55.2 Å². The minimum absolute atomic E-state index is 0.000673. The Bertz CT molecular complexity index is 1240. The van der Waals surface area contributed by atoms with E-state index in [-0.39, 0.29) is 6.42 Å². The molecule has 2 rings (SSSR count). The number of hydrogen-bond acceptors (Lipinski definition) is 4. The van der Waals surface area contributed by atoms with Crippen molar-refractivity contribution >= 4 is 0 Å². The highest BCUT2D eigenvalue weighted by atomic mass is 19.4. The molecule has 0 fully saturated rings. The lowest BCUT2D eigenvalue weighted by molar-refractivity contribution is -0.509. The van der Waals surface area contributed by atoms with Crippen LogP contribution in [0.3, 0.4) is 0 Å². The van der Waals surface area contributed by atoms with Crippen LogP contribution in [-0.2, 0) is 22.3 Å². The molecule has 0 unspecified atom stereocenters. The molecule has 0 atom stereocenters. The molecule has 274 valence electrons. The highest BCUT2D eigenvalue weighted by molar-refractivity contribution is 5.57. The van der Waals surface area contributed by atoms with Gasteiger partial charge in [-0.1, -0.05) is 64.0 Å². The summed E-state index contributed by atoms with van der Waals surface area (Å²) in [6.07, 6.45) is -8.78. The zero-order chi connectivity index (χ0) is 36.3. The highest BCUT2D eigenvalue weighted by Gasteiger charge is 2.81. The Morgan fingerprint density at radius 2 is 1.12 bits per heavy atom. The number of rotatable bonds is 22. The Morgan fingerprint density at radius 3 is 1.71 bits per heavy atom. The second-order valence-corrected chi connectivity index (χ2v) is 11.3. The van der Waals surface area contributed by atoms with E-state index >= 15 is 0 Å². The average Bonchev–Trinajstić information content (AvgIpc) is 2.99. The zero-order valence-corrected chi connectivity index (χ0v) is 26.0. The fourth-order valence-corrected chi connectivity index (χ4v) is 4.62. The third-order valence-electron chi connectivity index (χ3n) is 7.40. The average molecular weight is 717 g/mol. The Balaban J connectivity index is 1.87. The molecule has 0 amide bonds. The first-order valence-corrected chi connectivity index (χ1v) is 15.3. The molecule has 0 aliphatic heterocycles. The van der Waals surface area contributed by atoms with Gasteiger partial charge in [-0.25, -0.2) is 14.7 Å². The van der Waals surface area contributed by atoms with Crippen LogP contribution in [0.2, 0.25) is 0 Å². The Hall–Kier alpha value is -2.69. The summed E-state index contributed by atoms with van der Waals surface area (Å²) < 4.78 is 176. The molecular formula is C31H37F13N2O2. The topological polar surface area (TPSA) is 44.2 Å². The molecule has 2 aromatic rings. The Labute approximate surface area is 269 Å². The maximum atomic E-state index is 13.9. The van der Waals surface area contributed by atoms with E-state index in [1.807, 2.05) is 18.2 Å². The smallest absolute Gasteiger partial charge is 0.375 e. The van der Waals surface area contributed by atoms with Gasteiger partial charge in [0.05, 0.1) is 0 Å². The molecule has 1 aromatic heterocycles. The quantitative estimate of drug-likeness (QED) is 0.0899. The molecule has 0 aliphatic rings. The van der Waals surface area contributed by atoms with Gasteiger partial charge in [0.2, 0.25) is 0 Å². The first-order chi connectivity index (χ1) is 22.2. The summed E-state index contributed by atoms with van der Waals surface area (Å²) in [6, 6.07) is 7.62. The predicted octanol–water partition coefficient (Wildman–Crippen LogP) is 10.8. The molecule has 0 saturated heterocycles. The lowest BCUT2D eigenvalue weighted by atomic mass is 9.94. The van der Waals surface area contributed by atoms with Gasteiger partial charge in [-0.05, 0) is 55.4 Å². The molecule has 4 nitrogen and oxygen atoms in total. The second kappa shape index (κ2) is 17.3. The number of halogens is 13. The number of alkyl halides is 13. The van der Waals surface area contributed by atoms with Gasteiger partial charge < -0.3 is 4.74 Å². The fourth-order valence-electron chi connectivity index (χ4n) is 4.62. The standard InChI is InChI=1S/C31H37F13N2O2/c1-2-3-4-5-6-10-14-23-20-24(25-45-17-12-18-46-25)16-15-22(23)13-9-7-8-11-19-47-21-26(32,33)27(34,35)30(41,42)48-31(43,44)28(36,37)29(38,39)40/h12,15-18,20H,2-11,13-14,19,21H2,1H3. The van der Waals surface area contributed by atoms with Crippen LogP contribution in [0, 0.1) is 0 Å². The molecule has 0 saturated carbocycles. The first kappa shape index (κ1) is 41.5. The second-order valence-electron chi connectivity index (χ2n) is 11.3. The number of ether oxygens (including phenoxy) is 2. The van der Waals surface area contributed by atoms with E-state index in [0.29, 0.717) is 31.5 Å². The van der Waals surface area contributed by atoms with Crippen molar-refractivity contribution in [1.82, 2.24) is 9.97 Å². The predicted molar refractivity (Wildman–Crippen MR) is 149 cm³/mol. The van der Waals surface area contributed by atoms with Crippen molar-refractivity contribution in [2.24, 2.45) is 0 Å². The first-order valence-electron chi connectivity index (χ1n) is 15.3. The molecule has 0 spiro atoms. The lowest BCUT2D eigenvalue weighted by Crippen LogP contribution is -2.63. The SMILES string of the molecule is CCCCCCCCc1cc(-c2ncccn2)ccc1CCCCCCOCC(F)(F)C(F)(F)C(F)(F)OC(F)(F)C(F)(F)C(F)(F)F. The molecule has 17 heteroatoms. The summed E-state index contributed by atoms with van der Waals surface area (Å²) in [4.78, 5) is 8.57. The maximum Gasteiger partial charge on any atom is 0.462 e. The van der Waals surface area contributed by atoms with Crippen LogP contribution in [0.4, 0.5) is 57.1 Å². The number of aromatic nitrogens is 2. The van der Waals surface area contributed by atoms with Gasteiger partial charge in [0.15, 0.2) is 5.82 Å². The van der Waals surface area contributed by atoms with Gasteiger partial charge >= 0.3 is 36.2 Å². The number of benzene rings is 1. The molecule has 1 heterocycles. The third kappa shape index (κ3) is 10.9. The van der Waals surface area contributed by atoms with Crippen molar-refractivity contribution in [2.75, 3.05) is 13.2 Å². The van der Waals surface area contributed by atoms with Crippen LogP contribution in [0.25, 0.3) is 11.4 Å². The summed E-state index contributed by atoms with van der Waals surface area (Å²) in [7, 11) is 0. The van der Waals surface area contributed by atoms with E-state index < -0.39 is 49.4 Å². The summed E-state index contributed by atoms with van der Waals surface area (Å²) in [6.45, 7) is -1.01. The van der Waals surface area contributed by atoms with Gasteiger partial charge in [-0.15, -0.1) is 0 Å². The number of nitrogens with zero attached hydrogens (tertiary/aromatic N) is 2. The largest absolute Gasteiger partial charge is 0.462 e. The van der Waals surface area contributed by atoms with Crippen molar-refractivity contribution in [3.05, 3.63) is 47.8 Å². The van der Waals surface area contributed by atoms with Crippen LogP contribution in [0.5, 0.6) is 0 Å². The molecular weight excluding hydrogens is 679 g/mol. The van der Waals surface area contributed by atoms with Gasteiger partial charge in [0.25, 0.3) is 0 Å². The summed E-state index contributed by atoms with van der Waals surface area (Å²) in [5.74, 6) is -19.8. The molecule has 0 bridgehead atoms. The highest BCUT2D eigenvalue weighted by Crippen LogP contribution is 2.53. The van der Waals surface area contributed by atoms with Crippen LogP contribution in [0.1, 0.15) is 82.3 Å². The van der Waals surface area contributed by atoms with Gasteiger partial charge in [0.1, 0.15) is 6.61 Å². The van der Waals surface area contributed by atoms with Crippen molar-refractivity contribution in [2.45, 2.75) is 120 Å². The monoisotopic (exact) mass is 716 g/mol. The van der Waals surface area contributed by atoms with Crippen LogP contribution >= 0.6 is 0 Å². The number of aryl methyl sites for hydroxylation is 2. The minimum Gasteiger partial charge on any atom is -0.375 e. The summed E-state index contributed by atoms with van der Waals surface area (Å²) >= 11 is 0. The Morgan fingerprint density at radius 1 is 0.604 bits per heavy atom. The van der Waals surface area contributed by atoms with Gasteiger partial charge in [0, 0.05) is 24.6 Å². The van der Waals surface area contributed by atoms with Crippen molar-refractivity contribution in [3.8, 4) is 11.4 Å². The van der Waals surface area contributed by atoms with Gasteiger partial charge in [-0.2, -0.15) is 57.1 Å². The van der Waals surface area contributed by atoms with E-state index in [9.17, 15) is 57.1 Å². The van der Waals surface area contributed by atoms with Crippen molar-refractivity contribution in [3.63, 3.8) is 0 Å². The lowest BCUT2D eigenvalue weighted by Gasteiger charge is -2.35. The maximum absolute atomic E-state index is 13.9. The number of hydrogen-bond donors (Lipinski definition) is 0. The van der Waals surface area contributed by atoms with E-state index in [1.165, 1.54) is 6.42 Å². The van der Waals surface area contributed by atoms with Gasteiger partial charge in [-0.3, -0.25) is 0 Å².